The lowest BCUT2D eigenvalue weighted by molar-refractivity contribution is -0.117. The Morgan fingerprint density at radius 2 is 1.23 bits per heavy atom. The van der Waals surface area contributed by atoms with Crippen LogP contribution in [0.2, 0.25) is 0 Å². The fraction of sp³-hybridized carbons (Fsp3) is 0.556. The lowest BCUT2D eigenvalue weighted by Gasteiger charge is -2.28. The van der Waals surface area contributed by atoms with Gasteiger partial charge in [0.1, 0.15) is 12.1 Å². The maximum Gasteiger partial charge on any atom is 0.442 e. The first-order chi connectivity index (χ1) is 16.5. The van der Waals surface area contributed by atoms with Crippen LogP contribution in [0.25, 0.3) is 0 Å². The predicted octanol–water partition coefficient (Wildman–Crippen LogP) is -2.81. The number of carbonyl (C=O) groups is 4. The average Bonchev–Trinajstić information content (AvgIpc) is 3.19. The van der Waals surface area contributed by atoms with Crippen molar-refractivity contribution in [1.82, 2.24) is 19.9 Å². The third-order valence-corrected chi connectivity index (χ3v) is 6.71. The van der Waals surface area contributed by atoms with Crippen LogP contribution >= 0.6 is 0 Å². The summed E-state index contributed by atoms with van der Waals surface area (Å²) in [6.45, 7) is -0.138. The normalized spacial score (nSPS) is 27.9. The van der Waals surface area contributed by atoms with Crippen LogP contribution in [0.15, 0.2) is 23.3 Å². The van der Waals surface area contributed by atoms with Crippen molar-refractivity contribution in [1.29, 1.82) is 0 Å². The molecule has 192 valence electrons. The summed E-state index contributed by atoms with van der Waals surface area (Å²) in [5, 5.41) is 0.875. The van der Waals surface area contributed by atoms with Crippen LogP contribution in [0.3, 0.4) is 0 Å². The Bertz CT molecular complexity index is 1040. The second-order valence-corrected chi connectivity index (χ2v) is 9.24. The van der Waals surface area contributed by atoms with E-state index in [-0.39, 0.29) is 37.4 Å². The molecule has 4 unspecified atom stereocenters. The molecular formula is C18H24N6O10S. The van der Waals surface area contributed by atoms with E-state index in [1.54, 1.807) is 0 Å². The molecule has 35 heavy (non-hydrogen) atoms. The van der Waals surface area contributed by atoms with Crippen LogP contribution in [-0.4, -0.2) is 117 Å². The van der Waals surface area contributed by atoms with Crippen LogP contribution in [0, 0.1) is 0 Å². The molecule has 0 aromatic carbocycles. The van der Waals surface area contributed by atoms with E-state index in [4.69, 9.17) is 29.5 Å². The molecule has 4 heterocycles. The fourth-order valence-corrected chi connectivity index (χ4v) is 5.26. The minimum absolute atomic E-state index is 0.0248. The van der Waals surface area contributed by atoms with E-state index in [1.165, 1.54) is 36.2 Å². The van der Waals surface area contributed by atoms with Crippen LogP contribution < -0.4 is 11.5 Å². The van der Waals surface area contributed by atoms with Gasteiger partial charge in [-0.05, 0) is 12.2 Å². The van der Waals surface area contributed by atoms with Crippen molar-refractivity contribution in [2.24, 2.45) is 11.5 Å². The van der Waals surface area contributed by atoms with Gasteiger partial charge in [0.25, 0.3) is 0 Å². The molecule has 0 aromatic heterocycles. The first-order valence-corrected chi connectivity index (χ1v) is 11.7. The van der Waals surface area contributed by atoms with Crippen molar-refractivity contribution in [3.8, 4) is 0 Å². The molecule has 6 amide bonds. The van der Waals surface area contributed by atoms with E-state index in [2.05, 4.69) is 0 Å². The molecular weight excluding hydrogens is 492 g/mol. The SMILES string of the molecule is COCC1C=C(C(N)=O)C2CN1C(=O)N2OS(=O)(=O)ON1C(=O)N2CC1C(C(N)=O)=CC2COC. The smallest absolute Gasteiger partial charge is 0.382 e. The fourth-order valence-electron chi connectivity index (χ4n) is 4.51. The van der Waals surface area contributed by atoms with Crippen molar-refractivity contribution in [2.75, 3.05) is 40.5 Å². The van der Waals surface area contributed by atoms with Crippen LogP contribution in [0.4, 0.5) is 9.59 Å². The summed E-state index contributed by atoms with van der Waals surface area (Å²) in [6, 6.07) is -5.42. The Hall–Kier alpha value is -3.25. The van der Waals surface area contributed by atoms with E-state index < -0.39 is 58.4 Å². The Kier molecular flexibility index (Phi) is 6.45. The number of rotatable bonds is 10. The Balaban J connectivity index is 1.56. The van der Waals surface area contributed by atoms with Crippen molar-refractivity contribution < 1.29 is 45.6 Å². The first-order valence-electron chi connectivity index (χ1n) is 10.3. The van der Waals surface area contributed by atoms with E-state index >= 15 is 0 Å². The number of nitrogens with two attached hydrogens (primary N) is 2. The largest absolute Gasteiger partial charge is 0.442 e. The Morgan fingerprint density at radius 1 is 0.857 bits per heavy atom. The molecule has 0 saturated carbocycles. The second-order valence-electron chi connectivity index (χ2n) is 8.13. The number of hydrogen-bond acceptors (Lipinski definition) is 10. The summed E-state index contributed by atoms with van der Waals surface area (Å²) in [5.74, 6) is -1.76. The zero-order valence-electron chi connectivity index (χ0n) is 18.7. The van der Waals surface area contributed by atoms with Gasteiger partial charge in [0.05, 0.1) is 38.4 Å². The van der Waals surface area contributed by atoms with E-state index in [0.717, 1.165) is 0 Å². The highest BCUT2D eigenvalue weighted by Gasteiger charge is 2.53. The molecule has 0 spiro atoms. The summed E-state index contributed by atoms with van der Waals surface area (Å²) < 4.78 is 45.5. The third-order valence-electron chi connectivity index (χ3n) is 6.02. The maximum absolute atomic E-state index is 12.9. The number of amides is 6. The average molecular weight is 516 g/mol. The zero-order chi connectivity index (χ0) is 25.7. The third kappa shape index (κ3) is 4.31. The zero-order valence-corrected chi connectivity index (χ0v) is 19.5. The van der Waals surface area contributed by atoms with Gasteiger partial charge in [-0.2, -0.15) is 18.5 Å². The monoisotopic (exact) mass is 516 g/mol. The maximum atomic E-state index is 12.9. The van der Waals surface area contributed by atoms with Crippen molar-refractivity contribution >= 4 is 34.3 Å². The molecule has 0 aliphatic carbocycles. The van der Waals surface area contributed by atoms with Crippen LogP contribution in [-0.2, 0) is 38.0 Å². The molecule has 2 saturated heterocycles. The van der Waals surface area contributed by atoms with Gasteiger partial charge in [-0.15, -0.1) is 8.57 Å². The van der Waals surface area contributed by atoms with Gasteiger partial charge in [-0.25, -0.2) is 9.59 Å². The highest BCUT2D eigenvalue weighted by Crippen LogP contribution is 2.34. The van der Waals surface area contributed by atoms with E-state index in [9.17, 15) is 27.6 Å². The van der Waals surface area contributed by atoms with Gasteiger partial charge < -0.3 is 30.7 Å². The van der Waals surface area contributed by atoms with Crippen LogP contribution in [0.5, 0.6) is 0 Å². The molecule has 4 rings (SSSR count). The Labute approximate surface area is 199 Å². The van der Waals surface area contributed by atoms with Gasteiger partial charge in [0, 0.05) is 25.4 Å². The molecule has 4 N–H and O–H groups in total. The van der Waals surface area contributed by atoms with Gasteiger partial charge in [-0.3, -0.25) is 9.59 Å². The van der Waals surface area contributed by atoms with Gasteiger partial charge in [0.15, 0.2) is 0 Å². The summed E-state index contributed by atoms with van der Waals surface area (Å²) >= 11 is 0. The lowest BCUT2D eigenvalue weighted by atomic mass is 10.00. The predicted molar refractivity (Wildman–Crippen MR) is 112 cm³/mol. The van der Waals surface area contributed by atoms with Gasteiger partial charge >= 0.3 is 22.5 Å². The number of carbonyl (C=O) groups excluding carboxylic acids is 4. The minimum Gasteiger partial charge on any atom is -0.382 e. The molecule has 2 fully saturated rings. The molecule has 4 aliphatic heterocycles. The Morgan fingerprint density at radius 3 is 1.54 bits per heavy atom. The highest BCUT2D eigenvalue weighted by atomic mass is 32.3. The number of nitrogens with zero attached hydrogens (tertiary/aromatic N) is 4. The molecule has 0 radical (unpaired) electrons. The number of fused-ring (bicyclic) bond motifs is 4. The number of hydroxylamine groups is 4. The summed E-state index contributed by atoms with van der Waals surface area (Å²) in [7, 11) is -2.33. The highest BCUT2D eigenvalue weighted by molar-refractivity contribution is 7.81. The first kappa shape index (κ1) is 24.9. The number of ether oxygens (including phenoxy) is 2. The van der Waals surface area contributed by atoms with Gasteiger partial charge in [0.2, 0.25) is 11.8 Å². The van der Waals surface area contributed by atoms with Crippen molar-refractivity contribution in [3.05, 3.63) is 23.3 Å². The van der Waals surface area contributed by atoms with Crippen molar-refractivity contribution in [3.63, 3.8) is 0 Å². The molecule has 16 nitrogen and oxygen atoms in total. The molecule has 4 atom stereocenters. The number of methoxy groups -OCH3 is 2. The number of primary amides is 2. The molecule has 4 aliphatic rings. The standard InChI is InChI=1S/C18H24N6O10S/c1-31-7-9-3-11(15(19)25)13-5-21(9)17(27)23(13)33-35(29,30)34-24-14-6-22(18(24)28)10(8-32-2)4-12(14)16(20)26/h3-4,9-10,13-14H,5-8H2,1-2H3,(H2,19,25)(H2,20,26). The lowest BCUT2D eigenvalue weighted by Crippen LogP contribution is -2.44. The summed E-state index contributed by atoms with van der Waals surface area (Å²) in [6.07, 6.45) is 2.80. The van der Waals surface area contributed by atoms with E-state index in [0.29, 0.717) is 10.1 Å². The quantitative estimate of drug-likeness (QED) is 0.305. The summed E-state index contributed by atoms with van der Waals surface area (Å²) in [5.41, 5.74) is 10.7. The second kappa shape index (κ2) is 9.08. The molecule has 4 bridgehead atoms. The number of hydrogen-bond donors (Lipinski definition) is 2. The topological polar surface area (TPSA) is 204 Å². The molecule has 17 heteroatoms. The van der Waals surface area contributed by atoms with Gasteiger partial charge in [-0.1, -0.05) is 0 Å². The van der Waals surface area contributed by atoms with Crippen molar-refractivity contribution in [2.45, 2.75) is 24.2 Å². The van der Waals surface area contributed by atoms with Crippen LogP contribution in [0.1, 0.15) is 0 Å². The minimum atomic E-state index is -5.11. The summed E-state index contributed by atoms with van der Waals surface area (Å²) in [4.78, 5) is 52.1. The molecule has 0 aromatic rings. The van der Waals surface area contributed by atoms with E-state index in [1.807, 2.05) is 0 Å². The number of urea groups is 2.